The number of hydrogen-bond acceptors (Lipinski definition) is 7. The number of rotatable bonds is 9. The molecule has 0 saturated carbocycles. The van der Waals surface area contributed by atoms with Gasteiger partial charge < -0.3 is 19.7 Å². The number of thioether (sulfide) groups is 1. The number of ether oxygens (including phenoxy) is 2. The molecule has 0 aliphatic carbocycles. The van der Waals surface area contributed by atoms with Crippen LogP contribution >= 0.6 is 11.8 Å². The summed E-state index contributed by atoms with van der Waals surface area (Å²) >= 11 is 1.26. The number of fused-ring (bicyclic) bond motifs is 1. The molecule has 1 aliphatic rings. The van der Waals surface area contributed by atoms with Gasteiger partial charge in [0.25, 0.3) is 5.91 Å². The van der Waals surface area contributed by atoms with Gasteiger partial charge in [0.15, 0.2) is 16.7 Å². The Kier molecular flexibility index (Phi) is 8.07. The van der Waals surface area contributed by atoms with Gasteiger partial charge in [0.2, 0.25) is 12.7 Å². The standard InChI is InChI=1S/C30H28N4O4S/c1-20-15-21(2)32-30(31-20)39-18-27(35)34(17-22-9-5-3-6-10-22)28(23-11-7-4-8-12-23)29(36)33-24-13-14-25-26(16-24)38-19-37-25/h3-16,28H,17-19H2,1-2H3,(H,33,36). The van der Waals surface area contributed by atoms with Gasteiger partial charge in [-0.3, -0.25) is 9.59 Å². The molecule has 2 heterocycles. The fourth-order valence-electron chi connectivity index (χ4n) is 4.36. The van der Waals surface area contributed by atoms with Crippen molar-refractivity contribution in [2.45, 2.75) is 31.6 Å². The molecule has 0 bridgehead atoms. The molecule has 0 saturated heterocycles. The second-order valence-corrected chi connectivity index (χ2v) is 10.0. The van der Waals surface area contributed by atoms with E-state index in [1.165, 1.54) is 11.8 Å². The highest BCUT2D eigenvalue weighted by Crippen LogP contribution is 2.35. The zero-order valence-corrected chi connectivity index (χ0v) is 22.5. The van der Waals surface area contributed by atoms with Crippen LogP contribution in [-0.2, 0) is 16.1 Å². The highest BCUT2D eigenvalue weighted by molar-refractivity contribution is 7.99. The number of carbonyl (C=O) groups excluding carboxylic acids is 2. The molecule has 5 rings (SSSR count). The first kappa shape index (κ1) is 26.2. The molecule has 39 heavy (non-hydrogen) atoms. The summed E-state index contributed by atoms with van der Waals surface area (Å²) in [5, 5.41) is 3.51. The molecule has 0 fully saturated rings. The Bertz CT molecular complexity index is 1450. The van der Waals surface area contributed by atoms with Crippen LogP contribution in [0.15, 0.2) is 90.1 Å². The summed E-state index contributed by atoms with van der Waals surface area (Å²) < 4.78 is 10.9. The maximum absolute atomic E-state index is 13.9. The van der Waals surface area contributed by atoms with Gasteiger partial charge in [-0.15, -0.1) is 0 Å². The van der Waals surface area contributed by atoms with E-state index in [2.05, 4.69) is 15.3 Å². The van der Waals surface area contributed by atoms with Gasteiger partial charge in [0, 0.05) is 29.7 Å². The van der Waals surface area contributed by atoms with Crippen LogP contribution in [-0.4, -0.2) is 39.2 Å². The molecule has 1 aliphatic heterocycles. The van der Waals surface area contributed by atoms with Crippen LogP contribution in [0.2, 0.25) is 0 Å². The van der Waals surface area contributed by atoms with E-state index in [-0.39, 0.29) is 30.9 Å². The van der Waals surface area contributed by atoms with Gasteiger partial charge in [0.05, 0.1) is 5.75 Å². The first-order valence-corrected chi connectivity index (χ1v) is 13.5. The van der Waals surface area contributed by atoms with E-state index in [1.807, 2.05) is 80.6 Å². The molecular formula is C30H28N4O4S. The van der Waals surface area contributed by atoms with E-state index in [9.17, 15) is 9.59 Å². The number of amides is 2. The molecule has 4 aromatic rings. The van der Waals surface area contributed by atoms with Crippen LogP contribution in [0, 0.1) is 13.8 Å². The minimum absolute atomic E-state index is 0.0797. The molecule has 0 spiro atoms. The predicted molar refractivity (Wildman–Crippen MR) is 150 cm³/mol. The number of aryl methyl sites for hydroxylation is 2. The number of anilines is 1. The largest absolute Gasteiger partial charge is 0.454 e. The van der Waals surface area contributed by atoms with Crippen molar-refractivity contribution >= 4 is 29.3 Å². The number of benzene rings is 3. The van der Waals surface area contributed by atoms with Crippen molar-refractivity contribution in [1.82, 2.24) is 14.9 Å². The van der Waals surface area contributed by atoms with Crippen molar-refractivity contribution in [3.05, 3.63) is 107 Å². The summed E-state index contributed by atoms with van der Waals surface area (Å²) in [6.07, 6.45) is 0. The van der Waals surface area contributed by atoms with Crippen molar-refractivity contribution in [3.63, 3.8) is 0 Å². The van der Waals surface area contributed by atoms with Gasteiger partial charge in [-0.05, 0) is 43.2 Å². The lowest BCUT2D eigenvalue weighted by Gasteiger charge is -2.31. The van der Waals surface area contributed by atoms with Gasteiger partial charge in [-0.2, -0.15) is 0 Å². The van der Waals surface area contributed by atoms with E-state index in [1.54, 1.807) is 23.1 Å². The average molecular weight is 541 g/mol. The number of nitrogens with zero attached hydrogens (tertiary/aromatic N) is 3. The van der Waals surface area contributed by atoms with Crippen LogP contribution in [0.5, 0.6) is 11.5 Å². The molecule has 1 N–H and O–H groups in total. The lowest BCUT2D eigenvalue weighted by Crippen LogP contribution is -2.41. The summed E-state index contributed by atoms with van der Waals surface area (Å²) in [4.78, 5) is 38.3. The molecule has 9 heteroatoms. The SMILES string of the molecule is Cc1cc(C)nc(SCC(=O)N(Cc2ccccc2)C(C(=O)Nc2ccc3c(c2)OCO3)c2ccccc2)n1. The molecule has 2 amide bonds. The quantitative estimate of drug-likeness (QED) is 0.227. The van der Waals surface area contributed by atoms with Gasteiger partial charge >= 0.3 is 0 Å². The van der Waals surface area contributed by atoms with E-state index in [4.69, 9.17) is 9.47 Å². The van der Waals surface area contributed by atoms with Gasteiger partial charge in [-0.1, -0.05) is 72.4 Å². The Morgan fingerprint density at radius 1 is 0.897 bits per heavy atom. The zero-order valence-electron chi connectivity index (χ0n) is 21.7. The Morgan fingerprint density at radius 3 is 2.28 bits per heavy atom. The van der Waals surface area contributed by atoms with Crippen molar-refractivity contribution in [3.8, 4) is 11.5 Å². The zero-order chi connectivity index (χ0) is 27.2. The smallest absolute Gasteiger partial charge is 0.251 e. The van der Waals surface area contributed by atoms with Crippen LogP contribution in [0.1, 0.15) is 28.6 Å². The third-order valence-corrected chi connectivity index (χ3v) is 6.95. The summed E-state index contributed by atoms with van der Waals surface area (Å²) in [5.41, 5.74) is 3.84. The number of carbonyl (C=O) groups is 2. The molecular weight excluding hydrogens is 512 g/mol. The average Bonchev–Trinajstić information content (AvgIpc) is 3.40. The molecule has 1 atom stereocenters. The molecule has 8 nitrogen and oxygen atoms in total. The molecule has 1 unspecified atom stereocenters. The first-order valence-electron chi connectivity index (χ1n) is 12.5. The van der Waals surface area contributed by atoms with Crippen molar-refractivity contribution < 1.29 is 19.1 Å². The number of nitrogens with one attached hydrogen (secondary N) is 1. The molecule has 198 valence electrons. The molecule has 0 radical (unpaired) electrons. The third kappa shape index (κ3) is 6.56. The summed E-state index contributed by atoms with van der Waals surface area (Å²) in [5.74, 6) is 0.722. The third-order valence-electron chi connectivity index (χ3n) is 6.12. The van der Waals surface area contributed by atoms with Gasteiger partial charge in [-0.25, -0.2) is 9.97 Å². The second kappa shape index (κ2) is 12.0. The highest BCUT2D eigenvalue weighted by atomic mass is 32.2. The fourth-order valence-corrected chi connectivity index (χ4v) is 5.20. The van der Waals surface area contributed by atoms with Crippen LogP contribution in [0.25, 0.3) is 0 Å². The molecule has 3 aromatic carbocycles. The summed E-state index contributed by atoms with van der Waals surface area (Å²) in [6, 6.07) is 25.2. The van der Waals surface area contributed by atoms with Gasteiger partial charge in [0.1, 0.15) is 6.04 Å². The highest BCUT2D eigenvalue weighted by Gasteiger charge is 2.32. The summed E-state index contributed by atoms with van der Waals surface area (Å²) in [6.45, 7) is 4.19. The monoisotopic (exact) mass is 540 g/mol. The minimum Gasteiger partial charge on any atom is -0.454 e. The van der Waals surface area contributed by atoms with E-state index in [0.717, 1.165) is 17.0 Å². The fraction of sp³-hybridized carbons (Fsp3) is 0.200. The second-order valence-electron chi connectivity index (χ2n) is 9.10. The Balaban J connectivity index is 1.45. The normalized spacial score (nSPS) is 12.6. The minimum atomic E-state index is -0.884. The van der Waals surface area contributed by atoms with Crippen LogP contribution < -0.4 is 14.8 Å². The van der Waals surface area contributed by atoms with E-state index < -0.39 is 6.04 Å². The van der Waals surface area contributed by atoms with Crippen molar-refractivity contribution in [2.24, 2.45) is 0 Å². The maximum atomic E-state index is 13.9. The first-order chi connectivity index (χ1) is 19.0. The van der Waals surface area contributed by atoms with E-state index >= 15 is 0 Å². The Hall–Kier alpha value is -4.37. The number of aromatic nitrogens is 2. The molecule has 1 aromatic heterocycles. The maximum Gasteiger partial charge on any atom is 0.251 e. The predicted octanol–water partition coefficient (Wildman–Crippen LogP) is 5.32. The lowest BCUT2D eigenvalue weighted by atomic mass is 10.0. The topological polar surface area (TPSA) is 93.7 Å². The van der Waals surface area contributed by atoms with Crippen molar-refractivity contribution in [2.75, 3.05) is 17.9 Å². The van der Waals surface area contributed by atoms with Crippen molar-refractivity contribution in [1.29, 1.82) is 0 Å². The van der Waals surface area contributed by atoms with Crippen LogP contribution in [0.3, 0.4) is 0 Å². The van der Waals surface area contributed by atoms with Crippen LogP contribution in [0.4, 0.5) is 5.69 Å². The lowest BCUT2D eigenvalue weighted by molar-refractivity contribution is -0.137. The Morgan fingerprint density at radius 2 is 1.56 bits per heavy atom. The number of hydrogen-bond donors (Lipinski definition) is 1. The van der Waals surface area contributed by atoms with E-state index in [0.29, 0.717) is 27.9 Å². The summed E-state index contributed by atoms with van der Waals surface area (Å²) in [7, 11) is 0. The Labute approximate surface area is 231 Å².